The molecule has 0 atom stereocenters. The first-order valence-corrected chi connectivity index (χ1v) is 3.24. The zero-order valence-electron chi connectivity index (χ0n) is 5.95. The number of aliphatic carboxylic acids is 1. The molecule has 11 heavy (non-hydrogen) atoms. The van der Waals surface area contributed by atoms with Gasteiger partial charge in [0.05, 0.1) is 6.42 Å². The number of carboxylic acid groups (broad SMARTS) is 1. The predicted molar refractivity (Wildman–Crippen MR) is 41.2 cm³/mol. The molecule has 0 fully saturated rings. The first-order chi connectivity index (χ1) is 5.18. The van der Waals surface area contributed by atoms with Crippen molar-refractivity contribution < 1.29 is 9.90 Å². The van der Waals surface area contributed by atoms with Crippen LogP contribution < -0.4 is 0 Å². The molecular weight excluding hydrogens is 140 g/mol. The molecule has 1 aromatic rings. The van der Waals surface area contributed by atoms with Gasteiger partial charge in [-0.2, -0.15) is 0 Å². The molecule has 1 rings (SSSR count). The van der Waals surface area contributed by atoms with Gasteiger partial charge in [-0.3, -0.25) is 4.79 Å². The number of carbonyl (C=O) groups is 1. The lowest BCUT2D eigenvalue weighted by Gasteiger charge is -1.96. The van der Waals surface area contributed by atoms with Crippen molar-refractivity contribution in [3.8, 4) is 0 Å². The van der Waals surface area contributed by atoms with Crippen molar-refractivity contribution in [3.05, 3.63) is 42.3 Å². The summed E-state index contributed by atoms with van der Waals surface area (Å²) in [6, 6.07) is 6.87. The summed E-state index contributed by atoms with van der Waals surface area (Å²) in [4.78, 5) is 10.2. The fourth-order valence-electron chi connectivity index (χ4n) is 0.878. The van der Waals surface area contributed by atoms with Crippen LogP contribution in [0.4, 0.5) is 0 Å². The molecule has 0 bridgehead atoms. The van der Waals surface area contributed by atoms with Crippen molar-refractivity contribution in [1.29, 1.82) is 0 Å². The van der Waals surface area contributed by atoms with E-state index in [2.05, 4.69) is 0 Å². The van der Waals surface area contributed by atoms with Gasteiger partial charge in [0.1, 0.15) is 0 Å². The Balaban J connectivity index is 2.79. The monoisotopic (exact) mass is 148 g/mol. The molecule has 1 aromatic carbocycles. The largest absolute Gasteiger partial charge is 0.481 e. The zero-order valence-corrected chi connectivity index (χ0v) is 5.95. The summed E-state index contributed by atoms with van der Waals surface area (Å²) in [6.07, 6.45) is 0.0328. The van der Waals surface area contributed by atoms with Crippen LogP contribution in [0.3, 0.4) is 0 Å². The van der Waals surface area contributed by atoms with E-state index >= 15 is 0 Å². The maximum absolute atomic E-state index is 10.2. The van der Waals surface area contributed by atoms with Gasteiger partial charge in [-0.1, -0.05) is 24.3 Å². The van der Waals surface area contributed by atoms with Gasteiger partial charge in [0.25, 0.3) is 0 Å². The van der Waals surface area contributed by atoms with Gasteiger partial charge in [0.2, 0.25) is 0 Å². The second kappa shape index (κ2) is 3.19. The van der Waals surface area contributed by atoms with Crippen molar-refractivity contribution in [2.24, 2.45) is 0 Å². The minimum absolute atomic E-state index is 0.0328. The number of carboxylic acids is 1. The van der Waals surface area contributed by atoms with Crippen molar-refractivity contribution in [2.45, 2.75) is 6.42 Å². The van der Waals surface area contributed by atoms with Crippen molar-refractivity contribution in [2.75, 3.05) is 0 Å². The van der Waals surface area contributed by atoms with E-state index in [1.807, 2.05) is 0 Å². The molecule has 0 aliphatic rings. The Kier molecular flexibility index (Phi) is 2.26. The van der Waals surface area contributed by atoms with E-state index in [1.165, 1.54) is 0 Å². The maximum atomic E-state index is 10.2. The molecule has 2 heteroatoms. The number of rotatable bonds is 2. The third-order valence-corrected chi connectivity index (χ3v) is 1.31. The van der Waals surface area contributed by atoms with Gasteiger partial charge in [0.15, 0.2) is 0 Å². The third-order valence-electron chi connectivity index (χ3n) is 1.31. The molecule has 2 nitrogen and oxygen atoms in total. The Morgan fingerprint density at radius 1 is 1.55 bits per heavy atom. The van der Waals surface area contributed by atoms with E-state index in [-0.39, 0.29) is 6.42 Å². The lowest BCUT2D eigenvalue weighted by molar-refractivity contribution is -0.136. The molecule has 0 aliphatic heterocycles. The highest BCUT2D eigenvalue weighted by Crippen LogP contribution is 2.03. The topological polar surface area (TPSA) is 37.3 Å². The predicted octanol–water partition coefficient (Wildman–Crippen LogP) is 1.37. The molecule has 0 aromatic heterocycles. The fraction of sp³-hybridized carbons (Fsp3) is 0.111. The molecule has 0 spiro atoms. The van der Waals surface area contributed by atoms with Crippen molar-refractivity contribution in [1.82, 2.24) is 0 Å². The van der Waals surface area contributed by atoms with Gasteiger partial charge >= 0.3 is 5.97 Å². The van der Waals surface area contributed by atoms with Crippen LogP contribution in [0.2, 0.25) is 0 Å². The van der Waals surface area contributed by atoms with Crippen LogP contribution in [-0.4, -0.2) is 11.1 Å². The highest BCUT2D eigenvalue weighted by atomic mass is 16.4. The molecule has 0 saturated carbocycles. The lowest BCUT2D eigenvalue weighted by atomic mass is 10.1. The Hall–Kier alpha value is -1.31. The molecule has 1 N–H and O–H groups in total. The van der Waals surface area contributed by atoms with Gasteiger partial charge < -0.3 is 5.11 Å². The van der Waals surface area contributed by atoms with Crippen LogP contribution in [0.1, 0.15) is 11.1 Å². The average molecular weight is 148 g/mol. The number of hydrogen-bond donors (Lipinski definition) is 1. The Labute approximate surface area is 65.5 Å². The first kappa shape index (κ1) is 7.79. The maximum Gasteiger partial charge on any atom is 0.307 e. The van der Waals surface area contributed by atoms with Gasteiger partial charge in [0, 0.05) is 0 Å². The molecule has 0 unspecified atom stereocenters. The van der Waals surface area contributed by atoms with Crippen LogP contribution >= 0.6 is 0 Å². The van der Waals surface area contributed by atoms with Crippen LogP contribution in [-0.2, 0) is 11.2 Å². The van der Waals surface area contributed by atoms with Gasteiger partial charge in [-0.05, 0) is 18.1 Å². The summed E-state index contributed by atoms with van der Waals surface area (Å²) < 4.78 is 0. The summed E-state index contributed by atoms with van der Waals surface area (Å²) in [7, 11) is 0. The normalized spacial score (nSPS) is 9.55. The van der Waals surface area contributed by atoms with Crippen molar-refractivity contribution in [3.63, 3.8) is 0 Å². The summed E-state index contributed by atoms with van der Waals surface area (Å²) in [5, 5.41) is 8.42. The van der Waals surface area contributed by atoms with E-state index in [1.54, 1.807) is 24.3 Å². The average Bonchev–Trinajstić information content (AvgIpc) is 1.85. The molecule has 0 heterocycles. The number of hydrogen-bond acceptors (Lipinski definition) is 1. The van der Waals surface area contributed by atoms with Crippen LogP contribution in [0.25, 0.3) is 0 Å². The van der Waals surface area contributed by atoms with Crippen LogP contribution in [0.15, 0.2) is 24.3 Å². The van der Waals surface area contributed by atoms with Gasteiger partial charge in [-0.25, -0.2) is 0 Å². The highest BCUT2D eigenvalue weighted by molar-refractivity contribution is 5.70. The van der Waals surface area contributed by atoms with E-state index in [0.717, 1.165) is 5.56 Å². The molecule has 2 radical (unpaired) electrons. The minimum Gasteiger partial charge on any atom is -0.481 e. The summed E-state index contributed by atoms with van der Waals surface area (Å²) in [6.45, 7) is 5.44. The molecule has 0 saturated heterocycles. The standard InChI is InChI=1S/C9H8O2/c1-7-3-2-4-8(5-7)6-9(10)11/h1-5H,6H2,(H,10,11). The molecular formula is C9H8O2. The molecule has 0 aliphatic carbocycles. The molecule has 0 amide bonds. The first-order valence-electron chi connectivity index (χ1n) is 3.24. The van der Waals surface area contributed by atoms with E-state index in [0.29, 0.717) is 5.56 Å². The highest BCUT2D eigenvalue weighted by Gasteiger charge is 1.98. The smallest absolute Gasteiger partial charge is 0.307 e. The Morgan fingerprint density at radius 2 is 2.27 bits per heavy atom. The minimum atomic E-state index is -0.837. The Morgan fingerprint density at radius 3 is 2.82 bits per heavy atom. The summed E-state index contributed by atoms with van der Waals surface area (Å²) in [5.41, 5.74) is 1.33. The zero-order chi connectivity index (χ0) is 8.27. The second-order valence-electron chi connectivity index (χ2n) is 2.32. The number of benzene rings is 1. The quantitative estimate of drug-likeness (QED) is 0.687. The van der Waals surface area contributed by atoms with Crippen LogP contribution in [0.5, 0.6) is 0 Å². The second-order valence-corrected chi connectivity index (χ2v) is 2.32. The fourth-order valence-corrected chi connectivity index (χ4v) is 0.878. The Bertz CT molecular complexity index is 266. The van der Waals surface area contributed by atoms with E-state index < -0.39 is 5.97 Å². The van der Waals surface area contributed by atoms with E-state index in [9.17, 15) is 4.79 Å². The third kappa shape index (κ3) is 2.42. The SMILES string of the molecule is [CH]c1cccc(CC(=O)O)c1. The van der Waals surface area contributed by atoms with E-state index in [4.69, 9.17) is 12.0 Å². The summed E-state index contributed by atoms with van der Waals surface area (Å²) >= 11 is 0. The van der Waals surface area contributed by atoms with Crippen LogP contribution in [0, 0.1) is 6.92 Å². The van der Waals surface area contributed by atoms with Crippen molar-refractivity contribution >= 4 is 5.97 Å². The molecule has 56 valence electrons. The lowest BCUT2D eigenvalue weighted by Crippen LogP contribution is -1.99. The van der Waals surface area contributed by atoms with Gasteiger partial charge in [-0.15, -0.1) is 0 Å². The summed E-state index contributed by atoms with van der Waals surface area (Å²) in [5.74, 6) is -0.837.